The average Bonchev–Trinajstić information content (AvgIpc) is 3.08. The molecule has 0 atom stereocenters. The Morgan fingerprint density at radius 1 is 1.12 bits per heavy atom. The van der Waals surface area contributed by atoms with E-state index < -0.39 is 0 Å². The maximum absolute atomic E-state index is 13.0. The molecule has 3 aromatic rings. The molecule has 2 aromatic heterocycles. The number of nitrogens with zero attached hydrogens (tertiary/aromatic N) is 4. The SMILES string of the molecule is CNc1ncncc1NC(=O)c1cnn(C(C)(C)C)c1-c1ccccc1. The first-order chi connectivity index (χ1) is 12.4. The van der Waals surface area contributed by atoms with E-state index in [-0.39, 0.29) is 11.4 Å². The number of amides is 1. The first-order valence-electron chi connectivity index (χ1n) is 8.35. The van der Waals surface area contributed by atoms with Gasteiger partial charge in [0.25, 0.3) is 5.91 Å². The van der Waals surface area contributed by atoms with Crippen LogP contribution in [0.3, 0.4) is 0 Å². The molecular formula is C19H22N6O. The standard InChI is InChI=1S/C19H22N6O/c1-19(2,3)25-16(13-8-6-5-7-9-13)14(10-23-25)18(26)24-15-11-21-12-22-17(15)20-4/h5-12H,1-4H3,(H,24,26)(H,20,21,22). The van der Waals surface area contributed by atoms with Gasteiger partial charge < -0.3 is 10.6 Å². The fourth-order valence-electron chi connectivity index (χ4n) is 2.71. The van der Waals surface area contributed by atoms with E-state index in [9.17, 15) is 4.79 Å². The van der Waals surface area contributed by atoms with Gasteiger partial charge in [-0.15, -0.1) is 0 Å². The van der Waals surface area contributed by atoms with Crippen molar-refractivity contribution < 1.29 is 4.79 Å². The lowest BCUT2D eigenvalue weighted by Crippen LogP contribution is -2.24. The second-order valence-electron chi connectivity index (χ2n) is 6.84. The zero-order valence-corrected chi connectivity index (χ0v) is 15.3. The summed E-state index contributed by atoms with van der Waals surface area (Å²) in [6.07, 6.45) is 4.59. The van der Waals surface area contributed by atoms with Crippen LogP contribution in [0, 0.1) is 0 Å². The summed E-state index contributed by atoms with van der Waals surface area (Å²) in [6, 6.07) is 9.78. The second kappa shape index (κ2) is 6.95. The molecule has 0 aliphatic rings. The summed E-state index contributed by atoms with van der Waals surface area (Å²) in [5, 5.41) is 10.3. The lowest BCUT2D eigenvalue weighted by atomic mass is 10.0. The van der Waals surface area contributed by atoms with Crippen molar-refractivity contribution in [3.8, 4) is 11.3 Å². The van der Waals surface area contributed by atoms with Crippen LogP contribution in [-0.2, 0) is 5.54 Å². The third-order valence-electron chi connectivity index (χ3n) is 3.89. The Hall–Kier alpha value is -3.22. The molecule has 0 radical (unpaired) electrons. The number of anilines is 2. The molecule has 0 aliphatic heterocycles. The normalized spacial score (nSPS) is 11.2. The van der Waals surface area contributed by atoms with E-state index in [0.29, 0.717) is 17.1 Å². The molecule has 7 nitrogen and oxygen atoms in total. The van der Waals surface area contributed by atoms with Crippen molar-refractivity contribution in [1.82, 2.24) is 19.7 Å². The summed E-state index contributed by atoms with van der Waals surface area (Å²) in [5.41, 5.74) is 2.46. The fourth-order valence-corrected chi connectivity index (χ4v) is 2.71. The summed E-state index contributed by atoms with van der Waals surface area (Å²) >= 11 is 0. The van der Waals surface area contributed by atoms with Gasteiger partial charge in [0.05, 0.1) is 29.2 Å². The minimum Gasteiger partial charge on any atom is -0.371 e. The summed E-state index contributed by atoms with van der Waals surface area (Å²) < 4.78 is 1.87. The van der Waals surface area contributed by atoms with Gasteiger partial charge in [-0.2, -0.15) is 5.10 Å². The van der Waals surface area contributed by atoms with Gasteiger partial charge >= 0.3 is 0 Å². The van der Waals surface area contributed by atoms with Crippen molar-refractivity contribution in [2.45, 2.75) is 26.3 Å². The highest BCUT2D eigenvalue weighted by molar-refractivity contribution is 6.09. The molecule has 0 aliphatic carbocycles. The number of benzene rings is 1. The Kier molecular flexibility index (Phi) is 4.71. The predicted molar refractivity (Wildman–Crippen MR) is 102 cm³/mol. The number of carbonyl (C=O) groups excluding carboxylic acids is 1. The van der Waals surface area contributed by atoms with Crippen molar-refractivity contribution in [2.75, 3.05) is 17.7 Å². The number of carbonyl (C=O) groups is 1. The zero-order valence-electron chi connectivity index (χ0n) is 15.3. The lowest BCUT2D eigenvalue weighted by Gasteiger charge is -2.23. The fraction of sp³-hybridized carbons (Fsp3) is 0.263. The summed E-state index contributed by atoms with van der Waals surface area (Å²) in [5.74, 6) is 0.295. The maximum atomic E-state index is 13.0. The summed E-state index contributed by atoms with van der Waals surface area (Å²) in [4.78, 5) is 21.1. The van der Waals surface area contributed by atoms with Crippen LogP contribution in [0.5, 0.6) is 0 Å². The van der Waals surface area contributed by atoms with Crippen LogP contribution in [0.1, 0.15) is 31.1 Å². The number of hydrogen-bond acceptors (Lipinski definition) is 5. The van der Waals surface area contributed by atoms with Crippen LogP contribution in [0.4, 0.5) is 11.5 Å². The van der Waals surface area contributed by atoms with Gasteiger partial charge in [0.15, 0.2) is 5.82 Å². The molecule has 0 fully saturated rings. The number of aromatic nitrogens is 4. The third kappa shape index (κ3) is 3.42. The second-order valence-corrected chi connectivity index (χ2v) is 6.84. The lowest BCUT2D eigenvalue weighted by molar-refractivity contribution is 0.102. The molecule has 0 spiro atoms. The van der Waals surface area contributed by atoms with Crippen LogP contribution in [0.2, 0.25) is 0 Å². The van der Waals surface area contributed by atoms with E-state index in [1.165, 1.54) is 6.33 Å². The molecule has 7 heteroatoms. The Bertz CT molecular complexity index is 911. The number of rotatable bonds is 4. The van der Waals surface area contributed by atoms with Gasteiger partial charge in [0, 0.05) is 12.6 Å². The number of hydrogen-bond donors (Lipinski definition) is 2. The highest BCUT2D eigenvalue weighted by Crippen LogP contribution is 2.29. The highest BCUT2D eigenvalue weighted by atomic mass is 16.1. The van der Waals surface area contributed by atoms with Crippen molar-refractivity contribution in [1.29, 1.82) is 0 Å². The smallest absolute Gasteiger partial charge is 0.259 e. The van der Waals surface area contributed by atoms with Gasteiger partial charge in [-0.25, -0.2) is 9.97 Å². The number of nitrogens with one attached hydrogen (secondary N) is 2. The molecule has 26 heavy (non-hydrogen) atoms. The largest absolute Gasteiger partial charge is 0.371 e. The van der Waals surface area contributed by atoms with Gasteiger partial charge in [-0.05, 0) is 20.8 Å². The van der Waals surface area contributed by atoms with E-state index in [1.807, 2.05) is 35.0 Å². The summed E-state index contributed by atoms with van der Waals surface area (Å²) in [6.45, 7) is 6.16. The minimum absolute atomic E-state index is 0.259. The molecule has 0 unspecified atom stereocenters. The average molecular weight is 350 g/mol. The van der Waals surface area contributed by atoms with E-state index in [4.69, 9.17) is 0 Å². The molecule has 134 valence electrons. The van der Waals surface area contributed by atoms with Crippen LogP contribution >= 0.6 is 0 Å². The first kappa shape index (κ1) is 17.6. The Balaban J connectivity index is 2.05. The zero-order chi connectivity index (χ0) is 18.7. The van der Waals surface area contributed by atoms with Crippen LogP contribution in [-0.4, -0.2) is 32.7 Å². The van der Waals surface area contributed by atoms with Gasteiger partial charge in [-0.3, -0.25) is 9.48 Å². The molecule has 3 rings (SSSR count). The van der Waals surface area contributed by atoms with Gasteiger partial charge in [0.1, 0.15) is 12.0 Å². The van der Waals surface area contributed by atoms with E-state index in [0.717, 1.165) is 11.3 Å². The Morgan fingerprint density at radius 2 is 1.85 bits per heavy atom. The Morgan fingerprint density at radius 3 is 2.50 bits per heavy atom. The van der Waals surface area contributed by atoms with Crippen molar-refractivity contribution in [3.63, 3.8) is 0 Å². The van der Waals surface area contributed by atoms with Crippen LogP contribution in [0.25, 0.3) is 11.3 Å². The van der Waals surface area contributed by atoms with Crippen LogP contribution in [0.15, 0.2) is 49.1 Å². The van der Waals surface area contributed by atoms with E-state index >= 15 is 0 Å². The van der Waals surface area contributed by atoms with E-state index in [1.54, 1.807) is 19.4 Å². The molecule has 0 saturated heterocycles. The maximum Gasteiger partial charge on any atom is 0.259 e. The molecule has 0 bridgehead atoms. The van der Waals surface area contributed by atoms with Crippen molar-refractivity contribution in [3.05, 3.63) is 54.6 Å². The quantitative estimate of drug-likeness (QED) is 0.753. The molecule has 0 saturated carbocycles. The highest BCUT2D eigenvalue weighted by Gasteiger charge is 2.25. The van der Waals surface area contributed by atoms with Gasteiger partial charge in [0.2, 0.25) is 0 Å². The molecule has 1 aromatic carbocycles. The molecule has 1 amide bonds. The predicted octanol–water partition coefficient (Wildman–Crippen LogP) is 3.39. The topological polar surface area (TPSA) is 84.7 Å². The Labute approximate surface area is 152 Å². The van der Waals surface area contributed by atoms with Crippen LogP contribution < -0.4 is 10.6 Å². The molecular weight excluding hydrogens is 328 g/mol. The first-order valence-corrected chi connectivity index (χ1v) is 8.35. The molecule has 2 heterocycles. The monoisotopic (exact) mass is 350 g/mol. The van der Waals surface area contributed by atoms with Crippen molar-refractivity contribution >= 4 is 17.4 Å². The summed E-state index contributed by atoms with van der Waals surface area (Å²) in [7, 11) is 1.74. The van der Waals surface area contributed by atoms with Gasteiger partial charge in [-0.1, -0.05) is 30.3 Å². The van der Waals surface area contributed by atoms with E-state index in [2.05, 4.69) is 46.5 Å². The van der Waals surface area contributed by atoms with Crippen molar-refractivity contribution in [2.24, 2.45) is 0 Å². The molecule has 2 N–H and O–H groups in total. The third-order valence-corrected chi connectivity index (χ3v) is 3.89. The minimum atomic E-state index is -0.268.